The highest BCUT2D eigenvalue weighted by molar-refractivity contribution is 6.22. The lowest BCUT2D eigenvalue weighted by molar-refractivity contribution is -0.384. The molecule has 0 radical (unpaired) electrons. The van der Waals surface area contributed by atoms with Crippen LogP contribution in [0.15, 0.2) is 18.2 Å². The van der Waals surface area contributed by atoms with Crippen LogP contribution in [0, 0.1) is 10.1 Å². The Bertz CT molecular complexity index is 940. The number of non-ortho nitro benzene ring substituents is 1. The largest absolute Gasteiger partial charge is 0.471 e. The zero-order valence-corrected chi connectivity index (χ0v) is 15.3. The van der Waals surface area contributed by atoms with E-state index in [0.717, 1.165) is 18.2 Å². The quantitative estimate of drug-likeness (QED) is 0.430. The van der Waals surface area contributed by atoms with Gasteiger partial charge in [0, 0.05) is 31.3 Å². The number of nitrogens with zero attached hydrogens (tertiary/aromatic N) is 3. The molecule has 160 valence electrons. The van der Waals surface area contributed by atoms with Gasteiger partial charge in [0.15, 0.2) is 0 Å². The molecule has 3 rings (SSSR count). The summed E-state index contributed by atoms with van der Waals surface area (Å²) in [5, 5.41) is 13.4. The molecule has 1 saturated heterocycles. The van der Waals surface area contributed by atoms with Gasteiger partial charge in [0.1, 0.15) is 6.54 Å². The minimum Gasteiger partial charge on any atom is -0.352 e. The number of carbonyl (C=O) groups is 4. The average Bonchev–Trinajstić information content (AvgIpc) is 2.91. The molecule has 0 bridgehead atoms. The lowest BCUT2D eigenvalue weighted by atomic mass is 10.0. The molecule has 1 aromatic rings. The van der Waals surface area contributed by atoms with Gasteiger partial charge in [0.2, 0.25) is 5.91 Å². The molecule has 0 spiro atoms. The van der Waals surface area contributed by atoms with Crippen LogP contribution in [0.5, 0.6) is 0 Å². The lowest BCUT2D eigenvalue weighted by Gasteiger charge is -2.32. The van der Waals surface area contributed by atoms with Crippen LogP contribution in [-0.2, 0) is 9.59 Å². The molecule has 30 heavy (non-hydrogen) atoms. The van der Waals surface area contributed by atoms with Crippen molar-refractivity contribution in [1.82, 2.24) is 15.1 Å². The summed E-state index contributed by atoms with van der Waals surface area (Å²) in [6.45, 7) is -1.03. The maximum Gasteiger partial charge on any atom is 0.471 e. The van der Waals surface area contributed by atoms with Crippen LogP contribution < -0.4 is 5.32 Å². The fourth-order valence-electron chi connectivity index (χ4n) is 3.36. The van der Waals surface area contributed by atoms with Crippen molar-refractivity contribution in [2.24, 2.45) is 0 Å². The molecule has 0 aliphatic carbocycles. The van der Waals surface area contributed by atoms with Gasteiger partial charge in [-0.3, -0.25) is 34.2 Å². The van der Waals surface area contributed by atoms with Gasteiger partial charge in [-0.15, -0.1) is 0 Å². The highest BCUT2D eigenvalue weighted by Gasteiger charge is 2.43. The van der Waals surface area contributed by atoms with Crippen molar-refractivity contribution < 1.29 is 37.3 Å². The van der Waals surface area contributed by atoms with Crippen molar-refractivity contribution in [3.05, 3.63) is 39.4 Å². The second-order valence-electron chi connectivity index (χ2n) is 6.82. The molecule has 0 unspecified atom stereocenters. The first-order valence-electron chi connectivity index (χ1n) is 8.79. The summed E-state index contributed by atoms with van der Waals surface area (Å²) in [4.78, 5) is 59.6. The molecule has 1 N–H and O–H groups in total. The summed E-state index contributed by atoms with van der Waals surface area (Å²) in [7, 11) is 0. The minimum atomic E-state index is -4.96. The summed E-state index contributed by atoms with van der Waals surface area (Å²) in [6.07, 6.45) is -4.79. The van der Waals surface area contributed by atoms with Crippen LogP contribution in [0.1, 0.15) is 33.6 Å². The fourth-order valence-corrected chi connectivity index (χ4v) is 3.36. The maximum absolute atomic E-state index is 12.5. The smallest absolute Gasteiger partial charge is 0.352 e. The number of hydrogen-bond donors (Lipinski definition) is 1. The number of nitro benzene ring substituents is 1. The zero-order valence-electron chi connectivity index (χ0n) is 15.3. The third kappa shape index (κ3) is 4.09. The molecule has 2 aliphatic rings. The van der Waals surface area contributed by atoms with E-state index < -0.39 is 47.3 Å². The highest BCUT2D eigenvalue weighted by Crippen LogP contribution is 2.27. The standard InChI is InChI=1S/C17H15F3N4O6/c18-17(19,20)16(28)22-5-3-9(4-6-22)21-13(25)8-23-14(26)11-2-1-10(24(29)30)7-12(11)15(23)27/h1-2,7,9H,3-6,8H2,(H,21,25). The van der Waals surface area contributed by atoms with E-state index in [1.54, 1.807) is 0 Å². The number of amides is 4. The molecule has 4 amide bonds. The normalized spacial score (nSPS) is 17.2. The minimum absolute atomic E-state index is 0.0580. The molecule has 0 saturated carbocycles. The van der Waals surface area contributed by atoms with E-state index in [0.29, 0.717) is 9.80 Å². The number of piperidine rings is 1. The van der Waals surface area contributed by atoms with E-state index in [2.05, 4.69) is 5.32 Å². The van der Waals surface area contributed by atoms with Crippen molar-refractivity contribution >= 4 is 29.3 Å². The van der Waals surface area contributed by atoms with Gasteiger partial charge < -0.3 is 10.2 Å². The van der Waals surface area contributed by atoms with Gasteiger partial charge in [0.25, 0.3) is 17.5 Å². The number of carbonyl (C=O) groups excluding carboxylic acids is 4. The summed E-state index contributed by atoms with van der Waals surface area (Å²) in [6, 6.07) is 2.65. The Morgan fingerprint density at radius 3 is 2.30 bits per heavy atom. The van der Waals surface area contributed by atoms with Crippen LogP contribution in [0.3, 0.4) is 0 Å². The highest BCUT2D eigenvalue weighted by atomic mass is 19.4. The first-order valence-corrected chi connectivity index (χ1v) is 8.79. The number of benzene rings is 1. The molecule has 2 heterocycles. The summed E-state index contributed by atoms with van der Waals surface area (Å²) in [5.74, 6) is -4.27. The van der Waals surface area contributed by atoms with Crippen LogP contribution in [0.4, 0.5) is 18.9 Å². The van der Waals surface area contributed by atoms with Crippen LogP contribution >= 0.6 is 0 Å². The van der Waals surface area contributed by atoms with Crippen LogP contribution in [-0.4, -0.2) is 70.2 Å². The predicted molar refractivity (Wildman–Crippen MR) is 92.3 cm³/mol. The summed E-state index contributed by atoms with van der Waals surface area (Å²) < 4.78 is 37.4. The Kier molecular flexibility index (Phi) is 5.46. The van der Waals surface area contributed by atoms with E-state index in [9.17, 15) is 42.5 Å². The number of nitro groups is 1. The van der Waals surface area contributed by atoms with E-state index >= 15 is 0 Å². The number of nitrogens with one attached hydrogen (secondary N) is 1. The number of hydrogen-bond acceptors (Lipinski definition) is 6. The van der Waals surface area contributed by atoms with Gasteiger partial charge >= 0.3 is 12.1 Å². The second kappa shape index (κ2) is 7.72. The van der Waals surface area contributed by atoms with Crippen molar-refractivity contribution in [2.45, 2.75) is 25.1 Å². The first-order chi connectivity index (χ1) is 14.0. The third-order valence-electron chi connectivity index (χ3n) is 4.86. The second-order valence-corrected chi connectivity index (χ2v) is 6.82. The van der Waals surface area contributed by atoms with Crippen molar-refractivity contribution in [1.29, 1.82) is 0 Å². The van der Waals surface area contributed by atoms with Crippen molar-refractivity contribution in [3.63, 3.8) is 0 Å². The first kappa shape index (κ1) is 21.2. The topological polar surface area (TPSA) is 130 Å². The molecule has 1 aromatic carbocycles. The van der Waals surface area contributed by atoms with E-state index in [4.69, 9.17) is 0 Å². The SMILES string of the molecule is O=C(CN1C(=O)c2ccc([N+](=O)[O-])cc2C1=O)NC1CCN(C(=O)C(F)(F)F)CC1. The number of imide groups is 1. The van der Waals surface area contributed by atoms with Crippen LogP contribution in [0.2, 0.25) is 0 Å². The Labute approximate surface area is 166 Å². The molecule has 2 aliphatic heterocycles. The zero-order chi connectivity index (χ0) is 22.2. The lowest BCUT2D eigenvalue weighted by Crippen LogP contribution is -2.51. The molecular weight excluding hydrogens is 413 g/mol. The Hall–Kier alpha value is -3.51. The van der Waals surface area contributed by atoms with Crippen molar-refractivity contribution in [3.8, 4) is 0 Å². The predicted octanol–water partition coefficient (Wildman–Crippen LogP) is 0.860. The molecule has 0 atom stereocenters. The number of halogens is 3. The molecule has 0 aromatic heterocycles. The van der Waals surface area contributed by atoms with Gasteiger partial charge in [-0.25, -0.2) is 0 Å². The van der Waals surface area contributed by atoms with Gasteiger partial charge in [0.05, 0.1) is 16.1 Å². The summed E-state index contributed by atoms with van der Waals surface area (Å²) in [5.41, 5.74) is -0.611. The van der Waals surface area contributed by atoms with Gasteiger partial charge in [-0.1, -0.05) is 0 Å². The molecule has 1 fully saturated rings. The number of alkyl halides is 3. The monoisotopic (exact) mass is 428 g/mol. The fraction of sp³-hybridized carbons (Fsp3) is 0.412. The maximum atomic E-state index is 12.5. The Morgan fingerprint density at radius 2 is 1.73 bits per heavy atom. The Balaban J connectivity index is 1.57. The third-order valence-corrected chi connectivity index (χ3v) is 4.86. The number of fused-ring (bicyclic) bond motifs is 1. The van der Waals surface area contributed by atoms with Gasteiger partial charge in [-0.05, 0) is 18.9 Å². The summed E-state index contributed by atoms with van der Waals surface area (Å²) >= 11 is 0. The van der Waals surface area contributed by atoms with E-state index in [-0.39, 0.29) is 42.7 Å². The van der Waals surface area contributed by atoms with E-state index in [1.165, 1.54) is 0 Å². The molecule has 10 nitrogen and oxygen atoms in total. The Morgan fingerprint density at radius 1 is 1.13 bits per heavy atom. The van der Waals surface area contributed by atoms with Gasteiger partial charge in [-0.2, -0.15) is 13.2 Å². The number of likely N-dealkylation sites (tertiary alicyclic amines) is 1. The average molecular weight is 428 g/mol. The molecular formula is C17H15F3N4O6. The number of rotatable bonds is 4. The van der Waals surface area contributed by atoms with Crippen molar-refractivity contribution in [2.75, 3.05) is 19.6 Å². The van der Waals surface area contributed by atoms with E-state index in [1.807, 2.05) is 0 Å². The van der Waals surface area contributed by atoms with Crippen LogP contribution in [0.25, 0.3) is 0 Å². The molecule has 13 heteroatoms.